The second kappa shape index (κ2) is 32.1. The second-order valence-electron chi connectivity index (χ2n) is 14.4. The van der Waals surface area contributed by atoms with E-state index in [2.05, 4.69) is 20.8 Å². The summed E-state index contributed by atoms with van der Waals surface area (Å²) < 4.78 is 0. The Labute approximate surface area is 290 Å². The van der Waals surface area contributed by atoms with E-state index in [0.717, 1.165) is 64.2 Å². The molecular formula is C41H78O6. The molecule has 47 heavy (non-hydrogen) atoms. The molecule has 3 atom stereocenters. The average Bonchev–Trinajstić information content (AvgIpc) is 3.07. The SMILES string of the molecule is CCCCCCCCCCCCCC(=O)C(O)C(O)(C(=O)CCCCCCCCCCC)C(O)C(=O)CCCCCCCCCCC. The molecule has 0 saturated heterocycles. The first-order chi connectivity index (χ1) is 22.8. The Morgan fingerprint density at radius 3 is 0.851 bits per heavy atom. The van der Waals surface area contributed by atoms with Crippen molar-refractivity contribution in [3.63, 3.8) is 0 Å². The Kier molecular flexibility index (Phi) is 31.4. The number of hydrogen-bond acceptors (Lipinski definition) is 6. The molecule has 3 N–H and O–H groups in total. The molecule has 6 nitrogen and oxygen atoms in total. The van der Waals surface area contributed by atoms with Gasteiger partial charge in [0, 0.05) is 19.3 Å². The van der Waals surface area contributed by atoms with Crippen LogP contribution in [-0.2, 0) is 14.4 Å². The lowest BCUT2D eigenvalue weighted by Crippen LogP contribution is -2.63. The van der Waals surface area contributed by atoms with Crippen molar-refractivity contribution in [3.8, 4) is 0 Å². The molecule has 0 amide bonds. The van der Waals surface area contributed by atoms with Gasteiger partial charge in [0.15, 0.2) is 35.2 Å². The first-order valence-corrected chi connectivity index (χ1v) is 20.4. The van der Waals surface area contributed by atoms with Crippen LogP contribution in [-0.4, -0.2) is 50.5 Å². The Bertz CT molecular complexity index is 752. The first kappa shape index (κ1) is 45.9. The maximum Gasteiger partial charge on any atom is 0.189 e. The van der Waals surface area contributed by atoms with E-state index >= 15 is 0 Å². The molecule has 0 saturated carbocycles. The second-order valence-corrected chi connectivity index (χ2v) is 14.4. The van der Waals surface area contributed by atoms with Gasteiger partial charge in [0.05, 0.1) is 0 Å². The van der Waals surface area contributed by atoms with Gasteiger partial charge in [-0.2, -0.15) is 0 Å². The van der Waals surface area contributed by atoms with E-state index in [4.69, 9.17) is 0 Å². The van der Waals surface area contributed by atoms with Crippen molar-refractivity contribution in [2.45, 2.75) is 244 Å². The summed E-state index contributed by atoms with van der Waals surface area (Å²) in [6.07, 6.45) is 27.2. The molecule has 0 radical (unpaired) electrons. The third-order valence-corrected chi connectivity index (χ3v) is 9.95. The summed E-state index contributed by atoms with van der Waals surface area (Å²) in [6, 6.07) is 0. The van der Waals surface area contributed by atoms with Crippen molar-refractivity contribution >= 4 is 17.3 Å². The molecule has 0 aromatic carbocycles. The number of carbonyl (C=O) groups is 3. The molecule has 278 valence electrons. The molecule has 0 aliphatic rings. The van der Waals surface area contributed by atoms with Crippen LogP contribution in [0.2, 0.25) is 0 Å². The number of aliphatic hydroxyl groups excluding tert-OH is 2. The third kappa shape index (κ3) is 23.0. The lowest BCUT2D eigenvalue weighted by molar-refractivity contribution is -0.181. The van der Waals surface area contributed by atoms with Crippen molar-refractivity contribution in [1.82, 2.24) is 0 Å². The topological polar surface area (TPSA) is 112 Å². The zero-order valence-corrected chi connectivity index (χ0v) is 31.3. The summed E-state index contributed by atoms with van der Waals surface area (Å²) in [5.74, 6) is -2.13. The Balaban J connectivity index is 4.90. The summed E-state index contributed by atoms with van der Waals surface area (Å²) in [4.78, 5) is 39.4. The van der Waals surface area contributed by atoms with E-state index in [-0.39, 0.29) is 19.3 Å². The lowest BCUT2D eigenvalue weighted by Gasteiger charge is -2.34. The average molecular weight is 667 g/mol. The summed E-state index contributed by atoms with van der Waals surface area (Å²) in [5, 5.41) is 33.6. The summed E-state index contributed by atoms with van der Waals surface area (Å²) in [6.45, 7) is 6.62. The number of unbranched alkanes of at least 4 members (excludes halogenated alkanes) is 26. The molecule has 3 unspecified atom stereocenters. The molecule has 0 rings (SSSR count). The highest BCUT2D eigenvalue weighted by Gasteiger charge is 2.53. The zero-order valence-electron chi connectivity index (χ0n) is 31.3. The molecule has 0 bridgehead atoms. The van der Waals surface area contributed by atoms with Gasteiger partial charge in [-0.05, 0) is 19.3 Å². The molecular weight excluding hydrogens is 588 g/mol. The maximum atomic E-state index is 13.4. The number of ketones is 3. The highest BCUT2D eigenvalue weighted by Crippen LogP contribution is 2.26. The summed E-state index contributed by atoms with van der Waals surface area (Å²) in [7, 11) is 0. The molecule has 0 aromatic rings. The number of carbonyl (C=O) groups excluding carboxylic acids is 3. The van der Waals surface area contributed by atoms with Crippen LogP contribution in [0.3, 0.4) is 0 Å². The van der Waals surface area contributed by atoms with Crippen LogP contribution in [0.1, 0.15) is 226 Å². The fraction of sp³-hybridized carbons (Fsp3) is 0.927. The number of rotatable bonds is 37. The van der Waals surface area contributed by atoms with E-state index in [0.29, 0.717) is 19.3 Å². The van der Waals surface area contributed by atoms with Gasteiger partial charge < -0.3 is 15.3 Å². The molecule has 0 aromatic heterocycles. The Morgan fingerprint density at radius 2 is 0.596 bits per heavy atom. The Morgan fingerprint density at radius 1 is 0.383 bits per heavy atom. The van der Waals surface area contributed by atoms with Crippen LogP contribution < -0.4 is 0 Å². The third-order valence-electron chi connectivity index (χ3n) is 9.95. The van der Waals surface area contributed by atoms with Gasteiger partial charge in [0.25, 0.3) is 0 Å². The molecule has 0 fully saturated rings. The molecule has 0 aliphatic heterocycles. The predicted molar refractivity (Wildman–Crippen MR) is 197 cm³/mol. The monoisotopic (exact) mass is 667 g/mol. The van der Waals surface area contributed by atoms with Crippen LogP contribution in [0.5, 0.6) is 0 Å². The fourth-order valence-electron chi connectivity index (χ4n) is 6.59. The van der Waals surface area contributed by atoms with Gasteiger partial charge in [-0.1, -0.05) is 188 Å². The van der Waals surface area contributed by atoms with Gasteiger partial charge >= 0.3 is 0 Å². The van der Waals surface area contributed by atoms with Crippen molar-refractivity contribution in [2.24, 2.45) is 0 Å². The zero-order chi connectivity index (χ0) is 35.0. The van der Waals surface area contributed by atoms with Crippen molar-refractivity contribution in [3.05, 3.63) is 0 Å². The first-order valence-electron chi connectivity index (χ1n) is 20.4. The van der Waals surface area contributed by atoms with Crippen molar-refractivity contribution < 1.29 is 29.7 Å². The normalized spacial score (nSPS) is 14.2. The largest absolute Gasteiger partial charge is 0.382 e. The van der Waals surface area contributed by atoms with E-state index in [1.807, 2.05) is 0 Å². The van der Waals surface area contributed by atoms with Crippen molar-refractivity contribution in [1.29, 1.82) is 0 Å². The standard InChI is InChI=1S/C41H78O6/c1-4-7-10-13-16-19-20-23-25-28-31-34-37(43)40(46)41(47,38(44)35-32-29-26-22-18-15-12-9-6-3)39(45)36(42)33-30-27-24-21-17-14-11-8-5-2/h39-40,45-47H,4-35H2,1-3H3. The van der Waals surface area contributed by atoms with Gasteiger partial charge in [0.2, 0.25) is 0 Å². The van der Waals surface area contributed by atoms with Gasteiger partial charge in [0.1, 0.15) is 0 Å². The van der Waals surface area contributed by atoms with E-state index < -0.39 is 35.2 Å². The predicted octanol–water partition coefficient (Wildman–Crippen LogP) is 10.7. The minimum absolute atomic E-state index is 0.0180. The quantitative estimate of drug-likeness (QED) is 0.0569. The number of hydrogen-bond donors (Lipinski definition) is 3. The minimum Gasteiger partial charge on any atom is -0.382 e. The molecule has 6 heteroatoms. The van der Waals surface area contributed by atoms with Crippen LogP contribution in [0.25, 0.3) is 0 Å². The molecule has 0 heterocycles. The number of Topliss-reactive ketones (excluding diaryl/α,β-unsaturated/α-hetero) is 3. The van der Waals surface area contributed by atoms with Crippen LogP contribution >= 0.6 is 0 Å². The highest BCUT2D eigenvalue weighted by molar-refractivity contribution is 6.01. The van der Waals surface area contributed by atoms with Crippen molar-refractivity contribution in [2.75, 3.05) is 0 Å². The maximum absolute atomic E-state index is 13.4. The summed E-state index contributed by atoms with van der Waals surface area (Å²) in [5.41, 5.74) is -2.79. The molecule has 0 spiro atoms. The molecule has 0 aliphatic carbocycles. The number of aliphatic hydroxyl groups is 3. The van der Waals surface area contributed by atoms with E-state index in [9.17, 15) is 29.7 Å². The van der Waals surface area contributed by atoms with Crippen LogP contribution in [0, 0.1) is 0 Å². The van der Waals surface area contributed by atoms with Gasteiger partial charge in [-0.25, -0.2) is 0 Å². The van der Waals surface area contributed by atoms with Gasteiger partial charge in [-0.15, -0.1) is 0 Å². The smallest absolute Gasteiger partial charge is 0.189 e. The fourth-order valence-corrected chi connectivity index (χ4v) is 6.59. The van der Waals surface area contributed by atoms with E-state index in [1.54, 1.807) is 0 Å². The minimum atomic E-state index is -2.79. The highest BCUT2D eigenvalue weighted by atomic mass is 16.4. The van der Waals surface area contributed by atoms with Crippen LogP contribution in [0.15, 0.2) is 0 Å². The lowest BCUT2D eigenvalue weighted by atomic mass is 9.78. The van der Waals surface area contributed by atoms with Gasteiger partial charge in [-0.3, -0.25) is 14.4 Å². The summed E-state index contributed by atoms with van der Waals surface area (Å²) >= 11 is 0. The van der Waals surface area contributed by atoms with Crippen LogP contribution in [0.4, 0.5) is 0 Å². The Hall–Kier alpha value is -1.11. The van der Waals surface area contributed by atoms with E-state index in [1.165, 1.54) is 103 Å².